The molecule has 23 atom stereocenters. The Morgan fingerprint density at radius 3 is 1.40 bits per heavy atom. The van der Waals surface area contributed by atoms with Gasteiger partial charge in [0.2, 0.25) is 0 Å². The fourth-order valence-corrected chi connectivity index (χ4v) is 22.5. The molecular formula is C64H82O40S6-6. The van der Waals surface area contributed by atoms with Crippen LogP contribution < -0.4 is 0 Å². The summed E-state index contributed by atoms with van der Waals surface area (Å²) in [6.07, 6.45) is 10.5. The summed E-state index contributed by atoms with van der Waals surface area (Å²) in [6, 6.07) is 0. The van der Waals surface area contributed by atoms with Crippen LogP contribution in [0.3, 0.4) is 0 Å². The van der Waals surface area contributed by atoms with Crippen molar-refractivity contribution in [1.29, 1.82) is 0 Å². The molecule has 10 saturated carbocycles. The van der Waals surface area contributed by atoms with Gasteiger partial charge in [0.25, 0.3) is 0 Å². The predicted molar refractivity (Wildman–Crippen MR) is 346 cm³/mol. The number of ether oxygens (including phenoxy) is 13. The molecule has 0 spiro atoms. The van der Waals surface area contributed by atoms with Crippen LogP contribution in [0, 0.1) is 82.9 Å². The second-order valence-corrected chi connectivity index (χ2v) is 40.3. The average molecular weight is 1680 g/mol. The van der Waals surface area contributed by atoms with Crippen LogP contribution in [-0.4, -0.2) is 271 Å². The Morgan fingerprint density at radius 2 is 0.855 bits per heavy atom. The van der Waals surface area contributed by atoms with Gasteiger partial charge >= 0.3 is 53.7 Å². The molecule has 16 bridgehead atoms. The summed E-state index contributed by atoms with van der Waals surface area (Å²) in [5.41, 5.74) is -0.526. The second-order valence-electron chi connectivity index (χ2n) is 31.9. The Bertz CT molecular complexity index is 4180. The van der Waals surface area contributed by atoms with Gasteiger partial charge in [-0.05, 0) is 175 Å². The number of carbonyl (C=O) groups is 9. The first-order chi connectivity index (χ1) is 51.1. The molecule has 9 heterocycles. The van der Waals surface area contributed by atoms with Gasteiger partial charge in [-0.15, -0.1) is 0 Å². The van der Waals surface area contributed by atoms with E-state index in [-0.39, 0.29) is 72.2 Å². The molecule has 10 aliphatic carbocycles. The summed E-state index contributed by atoms with van der Waals surface area (Å²) in [5, 5.41) is 0. The van der Waals surface area contributed by atoms with Crippen LogP contribution in [-0.2, 0) is 165 Å². The van der Waals surface area contributed by atoms with E-state index in [1.807, 2.05) is 6.92 Å². The van der Waals surface area contributed by atoms with Gasteiger partial charge in [-0.25, -0.2) is 55.3 Å². The van der Waals surface area contributed by atoms with E-state index in [4.69, 9.17) is 56.8 Å². The highest BCUT2D eigenvalue weighted by Crippen LogP contribution is 2.60. The number of hydrogen-bond acceptors (Lipinski definition) is 40. The molecule has 0 aromatic carbocycles. The van der Waals surface area contributed by atoms with Gasteiger partial charge in [-0.1, -0.05) is 0 Å². The van der Waals surface area contributed by atoms with Crippen molar-refractivity contribution in [3.05, 3.63) is 0 Å². The van der Waals surface area contributed by atoms with Gasteiger partial charge < -0.3 is 88.9 Å². The van der Waals surface area contributed by atoms with Gasteiger partial charge in [0.15, 0.2) is 24.9 Å². The van der Waals surface area contributed by atoms with Gasteiger partial charge in [0, 0.05) is 11.8 Å². The molecule has 23 unspecified atom stereocenters. The molecule has 0 aromatic heterocycles. The fourth-order valence-electron chi connectivity index (χ4n) is 20.4. The maximum atomic E-state index is 12.0. The molecule has 19 aliphatic rings. The summed E-state index contributed by atoms with van der Waals surface area (Å²) in [5.74, 6) is -9.83. The minimum Gasteiger partial charge on any atom is -0.748 e. The predicted octanol–water partition coefficient (Wildman–Crippen LogP) is -2.82. The molecule has 620 valence electrons. The highest BCUT2D eigenvalue weighted by atomic mass is 32.2. The molecule has 19 fully saturated rings. The summed E-state index contributed by atoms with van der Waals surface area (Å²) in [7, 11) is -27.7. The number of rotatable bonds is 20. The Hall–Kier alpha value is -5.47. The molecule has 0 N–H and O–H groups in total. The number of fused-ring (bicyclic) bond motifs is 6. The molecule has 46 heteroatoms. The number of esters is 9. The van der Waals surface area contributed by atoms with Crippen molar-refractivity contribution >= 4 is 114 Å². The Morgan fingerprint density at radius 1 is 0.382 bits per heavy atom. The van der Waals surface area contributed by atoms with Crippen molar-refractivity contribution in [2.45, 2.75) is 201 Å². The topological polar surface area (TPSA) is 617 Å². The highest BCUT2D eigenvalue weighted by molar-refractivity contribution is 7.87. The maximum absolute atomic E-state index is 12.0. The minimum atomic E-state index is -4.70. The normalized spacial score (nSPS) is 39.8. The van der Waals surface area contributed by atoms with E-state index < -0.39 is 192 Å². The molecule has 9 saturated heterocycles. The molecule has 110 heavy (non-hydrogen) atoms. The van der Waals surface area contributed by atoms with E-state index in [2.05, 4.69) is 4.74 Å². The lowest BCUT2D eigenvalue weighted by atomic mass is 9.50. The quantitative estimate of drug-likeness (QED) is 0.0674. The average Bonchev–Trinajstić information content (AvgIpc) is 1.42. The smallest absolute Gasteiger partial charge is 0.344 e. The molecular weight excluding hydrogens is 1600 g/mol. The largest absolute Gasteiger partial charge is 0.748 e. The Balaban J connectivity index is 0.000000123. The van der Waals surface area contributed by atoms with Crippen LogP contribution in [0.15, 0.2) is 0 Å². The third kappa shape index (κ3) is 20.8. The van der Waals surface area contributed by atoms with Crippen LogP contribution in [0.4, 0.5) is 0 Å². The summed E-state index contributed by atoms with van der Waals surface area (Å²) in [6.45, 7) is 2.59. The lowest BCUT2D eigenvalue weighted by molar-refractivity contribution is -0.207. The van der Waals surface area contributed by atoms with Gasteiger partial charge in [-0.2, -0.15) is 0 Å². The van der Waals surface area contributed by atoms with Crippen molar-refractivity contribution in [3.8, 4) is 0 Å². The van der Waals surface area contributed by atoms with E-state index in [9.17, 15) is 121 Å². The first-order valence-corrected chi connectivity index (χ1v) is 45.5. The van der Waals surface area contributed by atoms with Crippen LogP contribution in [0.5, 0.6) is 0 Å². The van der Waals surface area contributed by atoms with E-state index in [0.29, 0.717) is 79.8 Å². The lowest BCUT2D eigenvalue weighted by Gasteiger charge is -2.59. The van der Waals surface area contributed by atoms with Gasteiger partial charge in [0.05, 0.1) is 49.5 Å². The van der Waals surface area contributed by atoms with E-state index >= 15 is 0 Å². The monoisotopic (exact) mass is 1680 g/mol. The van der Waals surface area contributed by atoms with Crippen LogP contribution in [0.2, 0.25) is 0 Å². The van der Waals surface area contributed by atoms with Crippen molar-refractivity contribution in [2.24, 2.45) is 82.9 Å². The molecule has 40 nitrogen and oxygen atoms in total. The lowest BCUT2D eigenvalue weighted by Crippen LogP contribution is -2.58. The molecule has 0 amide bonds. The zero-order valence-corrected chi connectivity index (χ0v) is 63.7. The zero-order chi connectivity index (χ0) is 79.9. The summed E-state index contributed by atoms with van der Waals surface area (Å²) in [4.78, 5) is 103. The third-order valence-electron chi connectivity index (χ3n) is 24.2. The Kier molecular flexibility index (Phi) is 24.7. The standard InChI is InChI=1S/C15H22O7S.C12H16O7S.C10H14O6S.C9H10O8S.C9H12O7S.C9H14O5S/c1-15(11-3-9-2-10(5-11)6-12(15)4-9)22-13(16)7-21-14(17)8-23(18,19)20;13-10(5-20(15,16)17)19-11-7-1-6-2-8(4-7)12(14)18-9(11)3-6;11-8(4-17(12,13)14)16-9-5-1-6-3-15-10(9)7(6)2-5;10-5(2-18(12,13)14)16-7-4-1-3-6(15-4)8(7)17-9(3)11;10-6(3-17(11,12)13)16-8-5-1-4-2-14-9(8)7(4)15-5;10-9(5-15(11,12)13)14-8-4-6-1-2-7(8)3-6/h9-12H,2-8H2,1H3,(H,18,19,20);6-9,11H,1-5H2,(H,15,16,17);5-7,9-10H,1-4H2,(H,12,13,14);3-4,6-8H,1-2H2,(H,12,13,14);4-5,7-9H,1-3H2,(H,11,12,13);6-8H,1-5H2,(H,11,12,13)/p-6. The molecule has 19 rings (SSSR count). The van der Waals surface area contributed by atoms with Crippen molar-refractivity contribution in [3.63, 3.8) is 0 Å². The summed E-state index contributed by atoms with van der Waals surface area (Å²) >= 11 is 0. The minimum absolute atomic E-state index is 0.0160. The van der Waals surface area contributed by atoms with Crippen molar-refractivity contribution in [1.82, 2.24) is 0 Å². The molecule has 0 radical (unpaired) electrons. The third-order valence-corrected chi connectivity index (χ3v) is 27.7. The van der Waals surface area contributed by atoms with E-state index in [0.717, 1.165) is 88.9 Å². The molecule has 9 aliphatic heterocycles. The SMILES string of the molecule is CC1(OC(=O)COC(=O)CS(=O)(=O)[O-])C2CC3CC(C2)CC1C3.O=C(CS(=O)(=O)[O-])OC1C2CC3C(=O)OC1C3O2.O=C(CS(=O)(=O)[O-])OC1C2CC3CC(C2)C(=O)OC1C3.O=C(CS(=O)(=O)[O-])OC1C2CC3COC1C3C2.O=C(CS(=O)(=O)[O-])OC1C2CC3COC1C3O2.O=C(CS(=O)(=O)[O-])OC1CC2CCC1C2. The molecule has 0 aromatic rings. The van der Waals surface area contributed by atoms with E-state index in [1.165, 1.54) is 12.8 Å². The van der Waals surface area contributed by atoms with Crippen LogP contribution in [0.25, 0.3) is 0 Å². The van der Waals surface area contributed by atoms with Gasteiger partial charge in [-0.3, -0.25) is 38.4 Å². The van der Waals surface area contributed by atoms with Crippen molar-refractivity contribution in [2.75, 3.05) is 54.3 Å². The van der Waals surface area contributed by atoms with Crippen LogP contribution >= 0.6 is 0 Å². The second kappa shape index (κ2) is 32.3. The first-order valence-electron chi connectivity index (χ1n) is 36.1. The fraction of sp³-hybridized carbons (Fsp3) is 0.859. The Labute approximate surface area is 631 Å². The maximum Gasteiger partial charge on any atom is 0.344 e. The summed E-state index contributed by atoms with van der Waals surface area (Å²) < 4.78 is 255. The zero-order valence-electron chi connectivity index (χ0n) is 58.8. The van der Waals surface area contributed by atoms with Crippen molar-refractivity contribution < 1.29 is 183 Å². The van der Waals surface area contributed by atoms with Gasteiger partial charge in [0.1, 0.15) is 137 Å². The first kappa shape index (κ1) is 83.9. The number of hydrogen-bond donors (Lipinski definition) is 0. The van der Waals surface area contributed by atoms with E-state index in [1.54, 1.807) is 0 Å². The highest BCUT2D eigenvalue weighted by Gasteiger charge is 2.66. The number of carbonyl (C=O) groups excluding carboxylic acids is 9. The van der Waals surface area contributed by atoms with Crippen LogP contribution in [0.1, 0.15) is 116 Å².